The van der Waals surface area contributed by atoms with Crippen LogP contribution in [0.5, 0.6) is 0 Å². The number of nitrogens with one attached hydrogen (secondary N) is 4. The van der Waals surface area contributed by atoms with E-state index < -0.39 is 30.3 Å². The number of aliphatic hydroxyl groups excluding tert-OH is 2. The van der Waals surface area contributed by atoms with E-state index in [1.54, 1.807) is 24.9 Å². The second kappa shape index (κ2) is 10.6. The number of aromatic nitrogens is 2. The number of H-pyrrole nitrogens is 1. The lowest BCUT2D eigenvalue weighted by molar-refractivity contribution is -0.144. The van der Waals surface area contributed by atoms with Crippen LogP contribution in [0.15, 0.2) is 59.8 Å². The summed E-state index contributed by atoms with van der Waals surface area (Å²) >= 11 is 0. The number of halogens is 4. The van der Waals surface area contributed by atoms with Gasteiger partial charge in [-0.3, -0.25) is 4.90 Å². The van der Waals surface area contributed by atoms with Crippen molar-refractivity contribution in [2.45, 2.75) is 44.9 Å². The zero-order valence-electron chi connectivity index (χ0n) is 22.1. The van der Waals surface area contributed by atoms with Gasteiger partial charge in [0.1, 0.15) is 12.0 Å². The van der Waals surface area contributed by atoms with Crippen molar-refractivity contribution in [3.8, 4) is 11.3 Å². The summed E-state index contributed by atoms with van der Waals surface area (Å²) in [6.45, 7) is 4.01. The second-order valence-corrected chi connectivity index (χ2v) is 10.1. The van der Waals surface area contributed by atoms with Crippen LogP contribution >= 0.6 is 0 Å². The molecule has 0 saturated heterocycles. The Hall–Kier alpha value is -3.87. The van der Waals surface area contributed by atoms with Crippen LogP contribution in [0.3, 0.4) is 0 Å². The van der Waals surface area contributed by atoms with Gasteiger partial charge in [-0.05, 0) is 56.8 Å². The lowest BCUT2D eigenvalue weighted by atomic mass is 9.96. The van der Waals surface area contributed by atoms with Crippen molar-refractivity contribution < 1.29 is 27.8 Å². The van der Waals surface area contributed by atoms with Gasteiger partial charge in [-0.2, -0.15) is 13.2 Å². The third kappa shape index (κ3) is 5.55. The smallest absolute Gasteiger partial charge is 0.378 e. The fraction of sp³-hybridized carbons (Fsp3) is 0.321. The summed E-state index contributed by atoms with van der Waals surface area (Å²) in [4.78, 5) is 7.59. The molecule has 0 amide bonds. The van der Waals surface area contributed by atoms with E-state index in [9.17, 15) is 27.8 Å². The Balaban J connectivity index is 1.35. The Kier molecular flexibility index (Phi) is 7.34. The molecule has 212 valence electrons. The predicted molar refractivity (Wildman–Crippen MR) is 143 cm³/mol. The van der Waals surface area contributed by atoms with Crippen LogP contribution < -0.4 is 16.0 Å². The zero-order valence-corrected chi connectivity index (χ0v) is 22.1. The number of aromatic amines is 1. The van der Waals surface area contributed by atoms with E-state index in [4.69, 9.17) is 0 Å². The van der Waals surface area contributed by atoms with Crippen LogP contribution in [0, 0.1) is 12.7 Å². The van der Waals surface area contributed by atoms with E-state index in [0.29, 0.717) is 24.4 Å². The van der Waals surface area contributed by atoms with Gasteiger partial charge in [-0.15, -0.1) is 0 Å². The van der Waals surface area contributed by atoms with Gasteiger partial charge in [0.15, 0.2) is 6.23 Å². The highest BCUT2D eigenvalue weighted by Crippen LogP contribution is 2.35. The summed E-state index contributed by atoms with van der Waals surface area (Å²) in [6.07, 6.45) is -3.13. The SMILES string of the molecule is CC1=CC=C(NC(O)c2[nH]c(C(F)(F)F)nc2-c2ccc(C)c(F)c2)CC1Nc1ccc2c(c1)C(O)N(C)CN2. The molecule has 0 bridgehead atoms. The minimum Gasteiger partial charge on any atom is -0.378 e. The maximum absolute atomic E-state index is 14.2. The van der Waals surface area contributed by atoms with Crippen molar-refractivity contribution >= 4 is 11.4 Å². The number of aryl methyl sites for hydroxylation is 1. The van der Waals surface area contributed by atoms with E-state index in [2.05, 4.69) is 25.9 Å². The molecule has 12 heteroatoms. The second-order valence-electron chi connectivity index (χ2n) is 10.1. The molecular weight excluding hydrogens is 528 g/mol. The molecule has 2 aromatic carbocycles. The average molecular weight is 559 g/mol. The highest BCUT2D eigenvalue weighted by molar-refractivity contribution is 5.64. The van der Waals surface area contributed by atoms with E-state index in [-0.39, 0.29) is 23.0 Å². The number of hydrogen-bond acceptors (Lipinski definition) is 7. The summed E-state index contributed by atoms with van der Waals surface area (Å²) in [5.74, 6) is -1.88. The number of benzene rings is 2. The Morgan fingerprint density at radius 2 is 1.90 bits per heavy atom. The predicted octanol–water partition coefficient (Wildman–Crippen LogP) is 5.14. The highest BCUT2D eigenvalue weighted by atomic mass is 19.4. The van der Waals surface area contributed by atoms with Crippen molar-refractivity contribution in [3.63, 3.8) is 0 Å². The first-order valence-electron chi connectivity index (χ1n) is 12.7. The molecule has 3 unspecified atom stereocenters. The first-order valence-corrected chi connectivity index (χ1v) is 12.7. The standard InChI is InChI=1S/C28H30F4N6O2/c1-14-4-6-16(10-20(14)29)23-24(37-27(36-23)28(30,31)32)25(39)35-18-7-5-15(2)22(12-18)34-17-8-9-21-19(11-17)26(40)38(3)13-33-21/h4-11,22,25-26,33-35,39-40H,12-13H2,1-3H3,(H,36,37). The van der Waals surface area contributed by atoms with Crippen LogP contribution in [0.25, 0.3) is 11.3 Å². The van der Waals surface area contributed by atoms with E-state index in [1.165, 1.54) is 12.1 Å². The Morgan fingerprint density at radius 1 is 1.12 bits per heavy atom. The quantitative estimate of drug-likeness (QED) is 0.184. The zero-order chi connectivity index (χ0) is 28.8. The van der Waals surface area contributed by atoms with Gasteiger partial charge in [-0.1, -0.05) is 23.8 Å². The van der Waals surface area contributed by atoms with Crippen molar-refractivity contribution in [2.75, 3.05) is 24.3 Å². The summed E-state index contributed by atoms with van der Waals surface area (Å²) in [7, 11) is 1.81. The third-order valence-corrected chi connectivity index (χ3v) is 7.17. The minimum atomic E-state index is -4.79. The molecule has 1 aliphatic heterocycles. The maximum atomic E-state index is 14.2. The van der Waals surface area contributed by atoms with Gasteiger partial charge < -0.3 is 31.1 Å². The Morgan fingerprint density at radius 3 is 2.62 bits per heavy atom. The van der Waals surface area contributed by atoms with Crippen LogP contribution in [-0.2, 0) is 6.18 Å². The first-order chi connectivity index (χ1) is 18.9. The molecular formula is C28H30F4N6O2. The minimum absolute atomic E-state index is 0.105. The summed E-state index contributed by atoms with van der Waals surface area (Å²) in [5.41, 5.74) is 3.95. The molecule has 1 aromatic heterocycles. The Labute approximate surface area is 228 Å². The fourth-order valence-electron chi connectivity index (χ4n) is 4.76. The third-order valence-electron chi connectivity index (χ3n) is 7.17. The first kappa shape index (κ1) is 27.7. The van der Waals surface area contributed by atoms with Gasteiger partial charge in [0, 0.05) is 34.6 Å². The molecule has 0 fully saturated rings. The lowest BCUT2D eigenvalue weighted by Crippen LogP contribution is -2.35. The number of nitrogens with zero attached hydrogens (tertiary/aromatic N) is 2. The molecule has 3 aromatic rings. The fourth-order valence-corrected chi connectivity index (χ4v) is 4.76. The van der Waals surface area contributed by atoms with E-state index in [0.717, 1.165) is 28.6 Å². The molecule has 6 N–H and O–H groups in total. The molecule has 2 aliphatic rings. The van der Waals surface area contributed by atoms with Crippen LogP contribution in [0.1, 0.15) is 48.4 Å². The molecule has 40 heavy (non-hydrogen) atoms. The van der Waals surface area contributed by atoms with Crippen molar-refractivity contribution in [2.24, 2.45) is 0 Å². The summed E-state index contributed by atoms with van der Waals surface area (Å²) < 4.78 is 54.7. The number of allylic oxidation sites excluding steroid dienone is 2. The number of aliphatic hydroxyl groups is 2. The normalized spacial score (nSPS) is 20.2. The maximum Gasteiger partial charge on any atom is 0.449 e. The number of imidazole rings is 1. The number of anilines is 2. The summed E-state index contributed by atoms with van der Waals surface area (Å²) in [6, 6.07) is 9.45. The highest BCUT2D eigenvalue weighted by Gasteiger charge is 2.37. The van der Waals surface area contributed by atoms with Gasteiger partial charge in [0.2, 0.25) is 5.82 Å². The largest absolute Gasteiger partial charge is 0.449 e. The van der Waals surface area contributed by atoms with Gasteiger partial charge in [-0.25, -0.2) is 9.37 Å². The molecule has 2 heterocycles. The van der Waals surface area contributed by atoms with Crippen LogP contribution in [0.2, 0.25) is 0 Å². The molecule has 8 nitrogen and oxygen atoms in total. The monoisotopic (exact) mass is 558 g/mol. The van der Waals surface area contributed by atoms with Gasteiger partial charge in [0.25, 0.3) is 0 Å². The van der Waals surface area contributed by atoms with Crippen LogP contribution in [-0.4, -0.2) is 44.8 Å². The van der Waals surface area contributed by atoms with Gasteiger partial charge in [0.05, 0.1) is 24.1 Å². The van der Waals surface area contributed by atoms with Crippen molar-refractivity contribution in [1.82, 2.24) is 20.2 Å². The topological polar surface area (TPSA) is 108 Å². The average Bonchev–Trinajstić information content (AvgIpc) is 3.37. The number of fused-ring (bicyclic) bond motifs is 1. The van der Waals surface area contributed by atoms with Crippen LogP contribution in [0.4, 0.5) is 28.9 Å². The molecule has 0 radical (unpaired) electrons. The van der Waals surface area contributed by atoms with Crippen molar-refractivity contribution in [1.29, 1.82) is 0 Å². The summed E-state index contributed by atoms with van der Waals surface area (Å²) in [5, 5.41) is 31.1. The number of rotatable bonds is 6. The molecule has 0 spiro atoms. The van der Waals surface area contributed by atoms with Gasteiger partial charge >= 0.3 is 6.18 Å². The van der Waals surface area contributed by atoms with Crippen molar-refractivity contribution in [3.05, 3.63) is 88.3 Å². The van der Waals surface area contributed by atoms with E-state index in [1.807, 2.05) is 31.2 Å². The number of alkyl halides is 3. The molecule has 0 saturated carbocycles. The van der Waals surface area contributed by atoms with E-state index >= 15 is 0 Å². The number of hydrogen-bond donors (Lipinski definition) is 6. The molecule has 5 rings (SSSR count). The molecule has 1 aliphatic carbocycles. The lowest BCUT2D eigenvalue weighted by Gasteiger charge is -2.33. The molecule has 3 atom stereocenters. The Bertz CT molecular complexity index is 1480.